The van der Waals surface area contributed by atoms with Crippen molar-refractivity contribution in [1.82, 2.24) is 10.1 Å². The molecule has 0 saturated carbocycles. The van der Waals surface area contributed by atoms with Gasteiger partial charge in [0.1, 0.15) is 6.54 Å². The second-order valence-electron chi connectivity index (χ2n) is 17.7. The van der Waals surface area contributed by atoms with Gasteiger partial charge in [-0.3, -0.25) is 19.2 Å². The van der Waals surface area contributed by atoms with Crippen LogP contribution in [0, 0.1) is 0 Å². The molecule has 2 aromatic carbocycles. The van der Waals surface area contributed by atoms with Crippen LogP contribution in [0.2, 0.25) is 3.67 Å². The molecule has 4 heterocycles. The molecule has 2 aromatic rings. The van der Waals surface area contributed by atoms with Crippen molar-refractivity contribution in [1.29, 1.82) is 0 Å². The summed E-state index contributed by atoms with van der Waals surface area (Å²) in [6, 6.07) is 10.4. The van der Waals surface area contributed by atoms with Crippen molar-refractivity contribution in [3.05, 3.63) is 94.7 Å². The Morgan fingerprint density at radius 1 is 0.788 bits per heavy atom. The summed E-state index contributed by atoms with van der Waals surface area (Å²) in [4.78, 5) is 85.6. The molecule has 21 heteroatoms. The minimum absolute atomic E-state index is 0.0351. The van der Waals surface area contributed by atoms with E-state index in [-0.39, 0.29) is 51.4 Å². The number of benzene rings is 2. The van der Waals surface area contributed by atoms with Gasteiger partial charge in [0.2, 0.25) is 5.69 Å². The molecule has 2 saturated heterocycles. The molecule has 2 fully saturated rings. The standard InChI is InChI=1S/C45H51N4O14S2.Na/c1-6-12-41(65(59,60)61)47-34-18-16-30(28-43(55)63-49-39(52)21-22-40(49)53)26-32(34)45(4,5)36(47)14-9-7-8-13-35-44(2,3)31-25-29(27-42(54)62-48-37(50)19-20-38(48)51)15-17-33(31)46(35)23-10-11-24-64(56,57)58;/h7-9,13-18,25-26,41H,1,6,10-12,19-24,27-28H2,2-5H3,(H-,56,57,58,59,60,61);. The number of anilines is 1. The molecule has 0 spiro atoms. The molecule has 0 aromatic heterocycles. The van der Waals surface area contributed by atoms with Gasteiger partial charge in [-0.2, -0.15) is 4.58 Å². The van der Waals surface area contributed by atoms with E-state index in [0.29, 0.717) is 57.6 Å². The van der Waals surface area contributed by atoms with E-state index in [4.69, 9.17) is 9.68 Å². The Labute approximate surface area is 401 Å². The van der Waals surface area contributed by atoms with Gasteiger partial charge in [-0.15, -0.1) is 10.1 Å². The molecule has 1 atom stereocenters. The minimum atomic E-state index is -4.62. The Balaban J connectivity index is 1.29. The van der Waals surface area contributed by atoms with Crippen LogP contribution in [0.3, 0.4) is 0 Å². The van der Waals surface area contributed by atoms with E-state index in [0.717, 1.165) is 48.6 Å². The maximum absolute atomic E-state index is 13.1. The third-order valence-corrected chi connectivity index (χ3v) is 14.8. The van der Waals surface area contributed by atoms with Crippen LogP contribution in [0.1, 0.15) is 101 Å². The Morgan fingerprint density at radius 2 is 1.33 bits per heavy atom. The predicted octanol–water partition coefficient (Wildman–Crippen LogP) is 4.06. The molecule has 4 aliphatic heterocycles. The van der Waals surface area contributed by atoms with Gasteiger partial charge in [-0.05, 0) is 31.9 Å². The summed E-state index contributed by atoms with van der Waals surface area (Å²) in [7, 11) is -9.05. The maximum atomic E-state index is 13.1. The number of carbonyl (C=O) groups is 6. The Bertz CT molecular complexity index is 2670. The number of allylic oxidation sites excluding steroid dienone is 6. The number of rotatable bonds is 19. The van der Waals surface area contributed by atoms with Crippen molar-refractivity contribution in [2.24, 2.45) is 0 Å². The summed E-state index contributed by atoms with van der Waals surface area (Å²) in [5.74, 6) is -4.51. The van der Waals surface area contributed by atoms with Gasteiger partial charge in [-0.1, -0.05) is 6.07 Å². The van der Waals surface area contributed by atoms with Gasteiger partial charge < -0.3 is 9.39 Å². The fourth-order valence-electron chi connectivity index (χ4n) is 8.76. The summed E-state index contributed by atoms with van der Waals surface area (Å²) in [6.45, 7) is 8.09. The van der Waals surface area contributed by atoms with E-state index in [1.54, 1.807) is 53.5 Å². The molecule has 1 unspecified atom stereocenters. The number of amides is 4. The molecular formula is C45H51N4NaO14S2. The number of hydrogen-bond acceptors (Lipinski definition) is 14. The predicted molar refractivity (Wildman–Crippen MR) is 238 cm³/mol. The quantitative estimate of drug-likeness (QED) is 0.0521. The average Bonchev–Trinajstić information content (AvgIpc) is 3.85. The van der Waals surface area contributed by atoms with Crippen LogP contribution in [0.25, 0.3) is 0 Å². The van der Waals surface area contributed by atoms with Crippen LogP contribution in [0.15, 0.2) is 72.5 Å². The second kappa shape index (κ2) is 20.2. The Morgan fingerprint density at radius 3 is 1.86 bits per heavy atom. The SMILES string of the molecule is CC1(C)C(=CC=CC=CC2=[N+](CCCCS(=O)(=O)[O-])c3ccc(CC(=O)ON4C(=O)CCC4=O)cc3C2(C)C)N(C(CC[CH2][Na])S(=O)(=O)O)c2ccc(CC(=O)ON3C(=O)CCC3=O)cc21. The molecule has 66 heavy (non-hydrogen) atoms. The van der Waals surface area contributed by atoms with Crippen molar-refractivity contribution in [2.45, 2.75) is 112 Å². The van der Waals surface area contributed by atoms with Crippen molar-refractivity contribution in [3.8, 4) is 0 Å². The Kier molecular flexibility index (Phi) is 15.5. The first-order valence-corrected chi connectivity index (χ1v) is 26.2. The van der Waals surface area contributed by atoms with Crippen molar-refractivity contribution >= 4 is 101 Å². The van der Waals surface area contributed by atoms with Gasteiger partial charge in [0.25, 0.3) is 23.6 Å². The molecule has 4 aliphatic rings. The van der Waals surface area contributed by atoms with E-state index in [9.17, 15) is 54.7 Å². The van der Waals surface area contributed by atoms with Crippen LogP contribution in [0.4, 0.5) is 11.4 Å². The molecule has 0 radical (unpaired) electrons. The summed E-state index contributed by atoms with van der Waals surface area (Å²) in [5, 5.41) is -0.340. The van der Waals surface area contributed by atoms with Crippen LogP contribution in [-0.4, -0.2) is 128 Å². The summed E-state index contributed by atoms with van der Waals surface area (Å²) < 4.78 is 73.8. The zero-order valence-corrected chi connectivity index (χ0v) is 41.1. The van der Waals surface area contributed by atoms with Gasteiger partial charge >= 0.3 is 202 Å². The Hall–Kier alpha value is -4.83. The van der Waals surface area contributed by atoms with Crippen molar-refractivity contribution < 1.29 is 69.0 Å². The number of imide groups is 2. The first-order chi connectivity index (χ1) is 30.9. The van der Waals surface area contributed by atoms with Crippen molar-refractivity contribution in [3.63, 3.8) is 0 Å². The van der Waals surface area contributed by atoms with E-state index in [1.807, 2.05) is 50.5 Å². The normalized spacial score (nSPS) is 19.3. The number of carbonyl (C=O) groups excluding carboxylic acids is 6. The van der Waals surface area contributed by atoms with Crippen molar-refractivity contribution in [2.75, 3.05) is 17.2 Å². The second-order valence-corrected chi connectivity index (χ2v) is 21.8. The van der Waals surface area contributed by atoms with Crippen LogP contribution >= 0.6 is 0 Å². The third-order valence-electron chi connectivity index (χ3n) is 12.1. The molecule has 0 aliphatic carbocycles. The molecule has 1 N–H and O–H groups in total. The van der Waals surface area contributed by atoms with Crippen LogP contribution < -0.4 is 4.90 Å². The number of hydroxylamine groups is 4. The van der Waals surface area contributed by atoms with E-state index in [2.05, 4.69) is 0 Å². The third kappa shape index (κ3) is 11.3. The van der Waals surface area contributed by atoms with Crippen LogP contribution in [-0.2, 0) is 82.4 Å². The summed E-state index contributed by atoms with van der Waals surface area (Å²) in [5.41, 5.74) is 3.68. The summed E-state index contributed by atoms with van der Waals surface area (Å²) >= 11 is 0.830. The number of unbranched alkanes of at least 4 members (excludes halogenated alkanes) is 1. The molecule has 4 amide bonds. The zero-order chi connectivity index (χ0) is 48.4. The number of hydrogen-bond donors (Lipinski definition) is 1. The fraction of sp³-hybridized carbons (Fsp3) is 0.444. The molecule has 348 valence electrons. The van der Waals surface area contributed by atoms with Gasteiger partial charge in [0.05, 0.1) is 22.0 Å². The van der Waals surface area contributed by atoms with E-state index in [1.165, 1.54) is 0 Å². The molecular weight excluding hydrogens is 908 g/mol. The molecule has 6 rings (SSSR count). The topological polar surface area (TPSA) is 245 Å². The van der Waals surface area contributed by atoms with E-state index < -0.39 is 77.8 Å². The van der Waals surface area contributed by atoms with Gasteiger partial charge in [-0.25, -0.2) is 13.2 Å². The molecule has 18 nitrogen and oxygen atoms in total. The molecule has 0 bridgehead atoms. The number of nitrogens with zero attached hydrogens (tertiary/aromatic N) is 4. The van der Waals surface area contributed by atoms with Gasteiger partial charge in [0, 0.05) is 49.5 Å². The number of fused-ring (bicyclic) bond motifs is 2. The van der Waals surface area contributed by atoms with Gasteiger partial charge in [0.15, 0.2) is 0 Å². The van der Waals surface area contributed by atoms with Crippen LogP contribution in [0.5, 0.6) is 0 Å². The first kappa shape index (κ1) is 50.6. The first-order valence-electron chi connectivity index (χ1n) is 21.7. The summed E-state index contributed by atoms with van der Waals surface area (Å²) in [6.07, 6.45) is 9.45. The average molecular weight is 959 g/mol. The van der Waals surface area contributed by atoms with E-state index >= 15 is 0 Å². The monoisotopic (exact) mass is 958 g/mol. The fourth-order valence-corrected chi connectivity index (χ4v) is 10.7. The zero-order valence-electron chi connectivity index (χ0n) is 37.5.